The van der Waals surface area contributed by atoms with Crippen LogP contribution in [0.3, 0.4) is 0 Å². The van der Waals surface area contributed by atoms with Crippen molar-refractivity contribution in [2.45, 2.75) is 28.7 Å². The second-order valence-corrected chi connectivity index (χ2v) is 16.7. The average molecular weight is 785 g/mol. The van der Waals surface area contributed by atoms with Crippen LogP contribution in [0, 0.1) is 0 Å². The fourth-order valence-corrected chi connectivity index (χ4v) is 8.92. The van der Waals surface area contributed by atoms with Crippen molar-refractivity contribution in [2.75, 3.05) is 27.4 Å². The number of amides is 2. The van der Waals surface area contributed by atoms with Crippen LogP contribution in [0.2, 0.25) is 0 Å². The Labute approximate surface area is 314 Å². The van der Waals surface area contributed by atoms with Crippen molar-refractivity contribution in [1.29, 1.82) is 0 Å². The van der Waals surface area contributed by atoms with E-state index in [0.717, 1.165) is 29.8 Å². The quantitative estimate of drug-likeness (QED) is 0.0966. The second kappa shape index (κ2) is 13.4. The summed E-state index contributed by atoms with van der Waals surface area (Å²) in [6.45, 7) is 2.52. The summed E-state index contributed by atoms with van der Waals surface area (Å²) in [5.74, 6) is -3.87. The summed E-state index contributed by atoms with van der Waals surface area (Å²) in [6, 6.07) is 20.6. The van der Waals surface area contributed by atoms with Gasteiger partial charge in [0.2, 0.25) is 0 Å². The van der Waals surface area contributed by atoms with Crippen molar-refractivity contribution in [3.05, 3.63) is 119 Å². The van der Waals surface area contributed by atoms with Gasteiger partial charge < -0.3 is 25.3 Å². The van der Waals surface area contributed by atoms with Gasteiger partial charge in [-0.2, -0.15) is 0 Å². The highest BCUT2D eigenvalue weighted by Crippen LogP contribution is 2.36. The first-order valence-corrected chi connectivity index (χ1v) is 19.5. The van der Waals surface area contributed by atoms with Crippen LogP contribution >= 0.6 is 0 Å². The maximum absolute atomic E-state index is 14.0. The number of nitrogens with zero attached hydrogens (tertiary/aromatic N) is 2. The highest BCUT2D eigenvalue weighted by atomic mass is 32.2. The summed E-state index contributed by atoms with van der Waals surface area (Å²) < 4.78 is 58.0. The van der Waals surface area contributed by atoms with Crippen molar-refractivity contribution in [3.8, 4) is 11.5 Å². The van der Waals surface area contributed by atoms with Gasteiger partial charge in [0.15, 0.2) is 0 Å². The van der Waals surface area contributed by atoms with Gasteiger partial charge in [-0.1, -0.05) is 30.4 Å². The van der Waals surface area contributed by atoms with Crippen LogP contribution in [-0.4, -0.2) is 78.8 Å². The van der Waals surface area contributed by atoms with Gasteiger partial charge in [-0.05, 0) is 108 Å². The van der Waals surface area contributed by atoms with E-state index in [2.05, 4.69) is 9.44 Å². The number of aromatic carboxylic acids is 2. The van der Waals surface area contributed by atoms with Gasteiger partial charge in [-0.15, -0.1) is 0 Å². The fourth-order valence-electron chi connectivity index (χ4n) is 6.73. The molecule has 0 saturated carbocycles. The molecule has 5 aromatic carbocycles. The molecule has 6 N–H and O–H groups in total. The zero-order chi connectivity index (χ0) is 39.4. The van der Waals surface area contributed by atoms with Crippen molar-refractivity contribution in [2.24, 2.45) is 0 Å². The van der Waals surface area contributed by atoms with Gasteiger partial charge in [0.1, 0.15) is 22.6 Å². The molecule has 282 valence electrons. The average Bonchev–Trinajstić information content (AvgIpc) is 3.53. The van der Waals surface area contributed by atoms with Crippen molar-refractivity contribution in [1.82, 2.24) is 4.90 Å². The number of anilines is 3. The van der Waals surface area contributed by atoms with Gasteiger partial charge in [-0.25, -0.2) is 31.2 Å². The number of fused-ring (bicyclic) bond motifs is 2. The summed E-state index contributed by atoms with van der Waals surface area (Å²) in [7, 11) is -8.36. The van der Waals surface area contributed by atoms with E-state index in [-0.39, 0.29) is 33.6 Å². The first kappa shape index (κ1) is 36.8. The molecule has 7 rings (SSSR count). The number of hydrogen-bond donors (Lipinski definition) is 6. The first-order chi connectivity index (χ1) is 25.9. The molecule has 1 atom stereocenters. The number of carboxylic acids is 2. The molecule has 1 fully saturated rings. The number of hydrogen-bond acceptors (Lipinski definition) is 9. The van der Waals surface area contributed by atoms with Gasteiger partial charge in [0.05, 0.1) is 15.3 Å². The topological polar surface area (TPSA) is 231 Å². The monoisotopic (exact) mass is 784 g/mol. The summed E-state index contributed by atoms with van der Waals surface area (Å²) in [6.07, 6.45) is 4.00. The van der Waals surface area contributed by atoms with Crippen molar-refractivity contribution in [3.63, 3.8) is 0 Å². The van der Waals surface area contributed by atoms with Crippen molar-refractivity contribution < 1.29 is 51.6 Å². The Kier molecular flexibility index (Phi) is 8.93. The Hall–Kier alpha value is -6.59. The molecule has 15 nitrogen and oxygen atoms in total. The minimum atomic E-state index is -4.19. The molecule has 17 heteroatoms. The molecule has 5 aromatic rings. The number of carboxylic acid groups (broad SMARTS) is 2. The zero-order valence-electron chi connectivity index (χ0n) is 28.8. The SMILES string of the molecule is CC1(N2CCN(c3ccc4ccc(S(=O)(=O)Nc5ccc(O)c(C(=O)O)c5)cc4c3)C2=O)C=Cc2ccc(S(=O)(=O)Nc3ccc(O)c(C(=O)O)c3)cc2C1. The number of benzene rings is 5. The van der Waals surface area contributed by atoms with Gasteiger partial charge >= 0.3 is 18.0 Å². The Morgan fingerprint density at radius 2 is 1.25 bits per heavy atom. The minimum Gasteiger partial charge on any atom is -0.507 e. The normalized spacial score (nSPS) is 16.9. The molecule has 2 aliphatic rings. The van der Waals surface area contributed by atoms with E-state index in [1.165, 1.54) is 36.4 Å². The summed E-state index contributed by atoms with van der Waals surface area (Å²) >= 11 is 0. The number of phenols is 2. The lowest BCUT2D eigenvalue weighted by Crippen LogP contribution is -2.49. The highest BCUT2D eigenvalue weighted by Gasteiger charge is 2.42. The zero-order valence-corrected chi connectivity index (χ0v) is 30.4. The van der Waals surface area contributed by atoms with Crippen LogP contribution < -0.4 is 14.3 Å². The predicted molar refractivity (Wildman–Crippen MR) is 203 cm³/mol. The molecule has 1 heterocycles. The molecule has 2 amide bonds. The van der Waals surface area contributed by atoms with Crippen molar-refractivity contribution >= 4 is 71.9 Å². The second-order valence-electron chi connectivity index (χ2n) is 13.3. The predicted octanol–water partition coefficient (Wildman–Crippen LogP) is 5.52. The van der Waals surface area contributed by atoms with E-state index < -0.39 is 60.2 Å². The smallest absolute Gasteiger partial charge is 0.339 e. The lowest BCUT2D eigenvalue weighted by Gasteiger charge is -2.39. The molecule has 0 radical (unpaired) electrons. The Balaban J connectivity index is 1.10. The van der Waals surface area contributed by atoms with Crippen LogP contribution in [0.4, 0.5) is 21.9 Å². The third kappa shape index (κ3) is 6.97. The van der Waals surface area contributed by atoms with Crippen LogP contribution in [0.5, 0.6) is 11.5 Å². The molecule has 0 bridgehead atoms. The lowest BCUT2D eigenvalue weighted by atomic mass is 9.83. The van der Waals surface area contributed by atoms with E-state index in [1.807, 2.05) is 19.1 Å². The van der Waals surface area contributed by atoms with Gasteiger partial charge in [0, 0.05) is 30.2 Å². The summed E-state index contributed by atoms with van der Waals surface area (Å²) in [5.41, 5.74) is 0.0704. The van der Waals surface area contributed by atoms with E-state index >= 15 is 0 Å². The van der Waals surface area contributed by atoms with Gasteiger partial charge in [-0.3, -0.25) is 14.3 Å². The van der Waals surface area contributed by atoms with E-state index in [4.69, 9.17) is 0 Å². The number of carbonyl (C=O) groups excluding carboxylic acids is 1. The maximum Gasteiger partial charge on any atom is 0.339 e. The molecule has 55 heavy (non-hydrogen) atoms. The van der Waals surface area contributed by atoms with Crippen LogP contribution in [0.25, 0.3) is 16.8 Å². The molecule has 1 saturated heterocycles. The third-order valence-electron chi connectivity index (χ3n) is 9.60. The van der Waals surface area contributed by atoms with E-state index in [1.54, 1.807) is 40.1 Å². The number of rotatable bonds is 10. The summed E-state index contributed by atoms with van der Waals surface area (Å²) in [4.78, 5) is 39.9. The van der Waals surface area contributed by atoms with E-state index in [9.17, 15) is 51.6 Å². The van der Waals surface area contributed by atoms with Gasteiger partial charge in [0.25, 0.3) is 20.0 Å². The Morgan fingerprint density at radius 1 is 0.691 bits per heavy atom. The van der Waals surface area contributed by atoms with Crippen LogP contribution in [0.15, 0.2) is 107 Å². The van der Waals surface area contributed by atoms with Crippen LogP contribution in [0.1, 0.15) is 38.8 Å². The highest BCUT2D eigenvalue weighted by molar-refractivity contribution is 7.93. The Bertz CT molecular complexity index is 2720. The number of aromatic hydroxyl groups is 2. The molecule has 1 unspecified atom stereocenters. The Morgan fingerprint density at radius 3 is 1.85 bits per heavy atom. The third-order valence-corrected chi connectivity index (χ3v) is 12.4. The molecule has 0 aromatic heterocycles. The lowest BCUT2D eigenvalue weighted by molar-refractivity contribution is 0.0682. The van der Waals surface area contributed by atoms with Crippen LogP contribution in [-0.2, 0) is 26.5 Å². The number of sulfonamides is 2. The standard InChI is InChI=1S/C38H32N4O11S2/c1-38(13-12-23-4-9-30(18-25(23)21-38)55(52,53)40-27-6-11-34(44)32(20-27)36(47)48)42-15-14-41(37(42)49)28-7-2-22-3-8-29(17-24(22)16-28)54(50,51)39-26-5-10-33(43)31(19-26)35(45)46/h2-13,16-20,39-40,43-44H,14-15,21H2,1H3,(H,45,46)(H,47,48). The molecular formula is C38H32N4O11S2. The molecule has 1 aliphatic carbocycles. The molecular weight excluding hydrogens is 753 g/mol. The largest absolute Gasteiger partial charge is 0.507 e. The minimum absolute atomic E-state index is 0.0474. The summed E-state index contributed by atoms with van der Waals surface area (Å²) in [5, 5.41) is 39.4. The first-order valence-electron chi connectivity index (χ1n) is 16.6. The maximum atomic E-state index is 14.0. The fraction of sp³-hybridized carbons (Fsp3) is 0.132. The van der Waals surface area contributed by atoms with E-state index in [0.29, 0.717) is 35.1 Å². The number of carbonyl (C=O) groups is 3. The number of nitrogens with one attached hydrogen (secondary N) is 2. The molecule has 1 aliphatic heterocycles. The molecule has 0 spiro atoms. The number of urea groups is 1.